The van der Waals surface area contributed by atoms with Crippen molar-refractivity contribution in [2.45, 2.75) is 200 Å². The number of methoxy groups -OCH3 is 1. The largest absolute Gasteiger partial charge is 0.400 e. The van der Waals surface area contributed by atoms with Crippen molar-refractivity contribution in [3.63, 3.8) is 0 Å². The first-order valence-electron chi connectivity index (χ1n) is 24.2. The first-order chi connectivity index (χ1) is 27.5. The molecule has 4 N–H and O–H groups in total. The summed E-state index contributed by atoms with van der Waals surface area (Å²) < 4.78 is 16.4. The normalized spacial score (nSPS) is 50.5. The number of hydrogen-bond donors (Lipinski definition) is 4. The molecule has 0 saturated heterocycles. The Morgan fingerprint density at radius 2 is 1.07 bits per heavy atom. The molecule has 0 heterocycles. The van der Waals surface area contributed by atoms with Crippen LogP contribution in [0.25, 0.3) is 0 Å². The van der Waals surface area contributed by atoms with Crippen molar-refractivity contribution in [2.24, 2.45) is 86.8 Å². The fourth-order valence-electron chi connectivity index (χ4n) is 17.6. The molecule has 0 bridgehead atoms. The Balaban J connectivity index is 0.777. The zero-order valence-corrected chi connectivity index (χ0v) is 36.9. The Bertz CT molecular complexity index is 1490. The summed E-state index contributed by atoms with van der Waals surface area (Å²) in [6.07, 6.45) is 18.2. The van der Waals surface area contributed by atoms with Crippen molar-refractivity contribution < 1.29 is 44.2 Å². The molecule has 0 amide bonds. The SMILES string of the molecule is COC(OC(=O)CCCC1CCC2C3CC(O)C4CC(O)CCC4(C)C3CCC12C)OC(=O)CCC(C)C1CCC2C3CC(O)C4CC(O)CCC4(C)C3CCC12C. The smallest absolute Gasteiger partial charge is 0.364 e. The Labute approximate surface area is 349 Å². The molecule has 8 aliphatic carbocycles. The minimum Gasteiger partial charge on any atom is -0.400 e. The van der Waals surface area contributed by atoms with Crippen molar-refractivity contribution in [3.8, 4) is 0 Å². The van der Waals surface area contributed by atoms with E-state index in [2.05, 4.69) is 34.6 Å². The molecule has 8 saturated carbocycles. The fraction of sp³-hybridized carbons (Fsp3) is 0.959. The monoisotopic (exact) mass is 813 g/mol. The number of fused-ring (bicyclic) bond motifs is 10. The first-order valence-corrected chi connectivity index (χ1v) is 24.2. The van der Waals surface area contributed by atoms with Crippen molar-refractivity contribution in [2.75, 3.05) is 7.11 Å². The first kappa shape index (κ1) is 43.4. The number of esters is 2. The van der Waals surface area contributed by atoms with Crippen LogP contribution in [0.5, 0.6) is 0 Å². The number of aliphatic hydroxyl groups excluding tert-OH is 4. The minimum atomic E-state index is -1.34. The van der Waals surface area contributed by atoms with E-state index >= 15 is 0 Å². The molecule has 0 aromatic heterocycles. The standard InChI is InChI=1S/C49H80O9/c1-28(34-13-14-36-33-27-42(53)40-25-31(51)17-21-49(40,5)38(33)19-23-47(34,36)3)10-15-44(55)58-45(56-6)57-43(54)9-7-8-29-11-12-35-32-26-41(52)39-24-30(50)16-20-48(39,4)37(32)18-22-46(29,35)2/h28-42,45,50-53H,7-27H2,1-6H3. The number of carbonyl (C=O) groups excluding carboxylic acids is 2. The maximum absolute atomic E-state index is 13.1. The van der Waals surface area contributed by atoms with Crippen LogP contribution in [0, 0.1) is 86.8 Å². The summed E-state index contributed by atoms with van der Waals surface area (Å²) in [5.74, 6) is 4.52. The predicted octanol–water partition coefficient (Wildman–Crippen LogP) is 8.57. The third-order valence-corrected chi connectivity index (χ3v) is 20.6. The summed E-state index contributed by atoms with van der Waals surface area (Å²) in [5, 5.41) is 43.6. The van der Waals surface area contributed by atoms with E-state index in [1.54, 1.807) is 0 Å². The average molecular weight is 813 g/mol. The predicted molar refractivity (Wildman–Crippen MR) is 220 cm³/mol. The van der Waals surface area contributed by atoms with Gasteiger partial charge in [0.15, 0.2) is 0 Å². The van der Waals surface area contributed by atoms with E-state index in [1.165, 1.54) is 52.1 Å². The van der Waals surface area contributed by atoms with Gasteiger partial charge in [0.05, 0.1) is 24.4 Å². The van der Waals surface area contributed by atoms with Gasteiger partial charge in [-0.2, -0.15) is 0 Å². The average Bonchev–Trinajstić information content (AvgIpc) is 3.71. The molecule has 0 aromatic rings. The minimum absolute atomic E-state index is 0.112. The van der Waals surface area contributed by atoms with E-state index in [0.29, 0.717) is 53.3 Å². The Morgan fingerprint density at radius 3 is 1.64 bits per heavy atom. The topological polar surface area (TPSA) is 143 Å². The van der Waals surface area contributed by atoms with Gasteiger partial charge in [0.25, 0.3) is 0 Å². The molecule has 8 rings (SSSR count). The maximum atomic E-state index is 13.1. The van der Waals surface area contributed by atoms with E-state index < -0.39 is 18.4 Å². The second-order valence-electron chi connectivity index (χ2n) is 22.9. The van der Waals surface area contributed by atoms with Crippen LogP contribution in [-0.2, 0) is 23.8 Å². The summed E-state index contributed by atoms with van der Waals surface area (Å²) in [6, 6.07) is 0. The zero-order valence-electron chi connectivity index (χ0n) is 36.9. The van der Waals surface area contributed by atoms with Gasteiger partial charge >= 0.3 is 18.4 Å². The third-order valence-electron chi connectivity index (χ3n) is 20.6. The van der Waals surface area contributed by atoms with Crippen LogP contribution in [-0.4, -0.2) is 70.4 Å². The van der Waals surface area contributed by atoms with Crippen LogP contribution in [0.3, 0.4) is 0 Å². The summed E-state index contributed by atoms with van der Waals surface area (Å²) >= 11 is 0. The molecule has 8 aliphatic rings. The molecule has 0 aromatic carbocycles. The van der Waals surface area contributed by atoms with Crippen LogP contribution in [0.4, 0.5) is 0 Å². The Kier molecular flexibility index (Phi) is 12.3. The van der Waals surface area contributed by atoms with Crippen LogP contribution >= 0.6 is 0 Å². The molecular weight excluding hydrogens is 733 g/mol. The number of aliphatic hydroxyl groups is 4. The number of hydrogen-bond acceptors (Lipinski definition) is 9. The zero-order chi connectivity index (χ0) is 41.4. The van der Waals surface area contributed by atoms with Gasteiger partial charge in [-0.25, -0.2) is 0 Å². The van der Waals surface area contributed by atoms with Gasteiger partial charge in [-0.05, 0) is 209 Å². The number of ether oxygens (including phenoxy) is 3. The molecule has 0 spiro atoms. The van der Waals surface area contributed by atoms with Gasteiger partial charge in [-0.3, -0.25) is 9.59 Å². The molecule has 20 atom stereocenters. The summed E-state index contributed by atoms with van der Waals surface area (Å²) in [7, 11) is 1.40. The molecule has 0 aliphatic heterocycles. The highest BCUT2D eigenvalue weighted by atomic mass is 16.9. The lowest BCUT2D eigenvalue weighted by Crippen LogP contribution is -2.58. The molecule has 8 fully saturated rings. The second kappa shape index (κ2) is 16.5. The van der Waals surface area contributed by atoms with Gasteiger partial charge in [0, 0.05) is 20.0 Å². The van der Waals surface area contributed by atoms with Crippen LogP contribution in [0.2, 0.25) is 0 Å². The quantitative estimate of drug-likeness (QED) is 0.119. The molecule has 0 radical (unpaired) electrons. The number of rotatable bonds is 11. The highest BCUT2D eigenvalue weighted by molar-refractivity contribution is 5.71. The molecule has 9 heteroatoms. The van der Waals surface area contributed by atoms with E-state index in [4.69, 9.17) is 14.2 Å². The second-order valence-corrected chi connectivity index (χ2v) is 22.9. The number of carbonyl (C=O) groups is 2. The van der Waals surface area contributed by atoms with E-state index in [-0.39, 0.29) is 70.8 Å². The Hall–Kier alpha value is -1.26. The summed E-state index contributed by atoms with van der Waals surface area (Å²) in [6.45, 7) is 10.7. The highest BCUT2D eigenvalue weighted by Gasteiger charge is 2.64. The van der Waals surface area contributed by atoms with E-state index in [0.717, 1.165) is 77.0 Å². The lowest BCUT2D eigenvalue weighted by molar-refractivity contribution is -0.257. The lowest BCUT2D eigenvalue weighted by Gasteiger charge is -2.62. The summed E-state index contributed by atoms with van der Waals surface area (Å²) in [5.41, 5.74) is 0.651. The van der Waals surface area contributed by atoms with Gasteiger partial charge in [-0.1, -0.05) is 34.6 Å². The third kappa shape index (κ3) is 7.44. The summed E-state index contributed by atoms with van der Waals surface area (Å²) in [4.78, 5) is 26.1. The molecular formula is C49H80O9. The van der Waals surface area contributed by atoms with Crippen LogP contribution in [0.1, 0.15) is 169 Å². The van der Waals surface area contributed by atoms with Crippen molar-refractivity contribution in [3.05, 3.63) is 0 Å². The molecule has 58 heavy (non-hydrogen) atoms. The van der Waals surface area contributed by atoms with Crippen LogP contribution < -0.4 is 0 Å². The fourth-order valence-corrected chi connectivity index (χ4v) is 17.6. The molecule has 330 valence electrons. The van der Waals surface area contributed by atoms with Crippen LogP contribution in [0.15, 0.2) is 0 Å². The van der Waals surface area contributed by atoms with Gasteiger partial charge < -0.3 is 34.6 Å². The van der Waals surface area contributed by atoms with E-state index in [9.17, 15) is 30.0 Å². The van der Waals surface area contributed by atoms with Gasteiger partial charge in [-0.15, -0.1) is 0 Å². The van der Waals surface area contributed by atoms with Gasteiger partial charge in [0.1, 0.15) is 0 Å². The van der Waals surface area contributed by atoms with Crippen molar-refractivity contribution in [1.82, 2.24) is 0 Å². The molecule has 9 nitrogen and oxygen atoms in total. The lowest BCUT2D eigenvalue weighted by atomic mass is 9.44. The van der Waals surface area contributed by atoms with Crippen molar-refractivity contribution in [1.29, 1.82) is 0 Å². The Morgan fingerprint density at radius 1 is 0.586 bits per heavy atom. The van der Waals surface area contributed by atoms with E-state index in [1.807, 2.05) is 0 Å². The molecule has 20 unspecified atom stereocenters. The highest BCUT2D eigenvalue weighted by Crippen LogP contribution is 2.70. The van der Waals surface area contributed by atoms with Crippen molar-refractivity contribution >= 4 is 11.9 Å². The maximum Gasteiger partial charge on any atom is 0.364 e. The van der Waals surface area contributed by atoms with Gasteiger partial charge in [0.2, 0.25) is 0 Å².